The zero-order chi connectivity index (χ0) is 19.2. The van der Waals surface area contributed by atoms with Crippen LogP contribution in [0.2, 0.25) is 0 Å². The molecule has 0 fully saturated rings. The third-order valence-electron chi connectivity index (χ3n) is 3.72. The molecular weight excluding hydrogens is 350 g/mol. The Hall–Kier alpha value is -3.68. The molecule has 2 aromatic carbocycles. The largest absolute Gasteiger partial charge is 0.497 e. The van der Waals surface area contributed by atoms with Gasteiger partial charge < -0.3 is 19.5 Å². The van der Waals surface area contributed by atoms with E-state index in [9.17, 15) is 9.59 Å². The lowest BCUT2D eigenvalue weighted by Gasteiger charge is -2.12. The van der Waals surface area contributed by atoms with Crippen molar-refractivity contribution in [2.24, 2.45) is 0 Å². The van der Waals surface area contributed by atoms with Crippen molar-refractivity contribution in [3.63, 3.8) is 0 Å². The standard InChI is InChI=1S/C19H17N3O5/c1-25-13-4-6-17(26-2)16(10-13)22-18(23)11-27-19(24)12-3-5-14-15(9-12)21-8-7-20-14/h3-10H,11H2,1-2H3,(H,22,23). The number of carbonyl (C=O) groups is 2. The second kappa shape index (κ2) is 8.13. The Morgan fingerprint density at radius 1 is 0.963 bits per heavy atom. The van der Waals surface area contributed by atoms with Crippen LogP contribution >= 0.6 is 0 Å². The number of ether oxygens (including phenoxy) is 3. The summed E-state index contributed by atoms with van der Waals surface area (Å²) in [7, 11) is 3.00. The average molecular weight is 367 g/mol. The van der Waals surface area contributed by atoms with Crippen molar-refractivity contribution >= 4 is 28.6 Å². The van der Waals surface area contributed by atoms with E-state index < -0.39 is 18.5 Å². The second-order valence-electron chi connectivity index (χ2n) is 5.45. The van der Waals surface area contributed by atoms with Crippen molar-refractivity contribution in [1.29, 1.82) is 0 Å². The summed E-state index contributed by atoms with van der Waals surface area (Å²) in [6.45, 7) is -0.447. The molecule has 1 aromatic heterocycles. The van der Waals surface area contributed by atoms with Crippen LogP contribution in [0.3, 0.4) is 0 Å². The molecule has 3 aromatic rings. The highest BCUT2D eigenvalue weighted by molar-refractivity contribution is 5.97. The molecule has 0 unspecified atom stereocenters. The van der Waals surface area contributed by atoms with Crippen molar-refractivity contribution in [1.82, 2.24) is 9.97 Å². The van der Waals surface area contributed by atoms with E-state index in [1.165, 1.54) is 20.4 Å². The summed E-state index contributed by atoms with van der Waals surface area (Å²) < 4.78 is 15.4. The lowest BCUT2D eigenvalue weighted by atomic mass is 10.2. The predicted molar refractivity (Wildman–Crippen MR) is 98.0 cm³/mol. The minimum atomic E-state index is -0.629. The van der Waals surface area contributed by atoms with E-state index in [1.54, 1.807) is 42.6 Å². The molecule has 0 aliphatic rings. The molecule has 3 rings (SSSR count). The van der Waals surface area contributed by atoms with E-state index in [-0.39, 0.29) is 5.56 Å². The van der Waals surface area contributed by atoms with Crippen molar-refractivity contribution in [2.45, 2.75) is 0 Å². The average Bonchev–Trinajstić information content (AvgIpc) is 2.71. The molecule has 8 nitrogen and oxygen atoms in total. The SMILES string of the molecule is COc1ccc(OC)c(NC(=O)COC(=O)c2ccc3nccnc3c2)c1. The first-order valence-corrected chi connectivity index (χ1v) is 8.00. The van der Waals surface area contributed by atoms with Crippen LogP contribution in [-0.4, -0.2) is 42.7 Å². The molecule has 1 N–H and O–H groups in total. The number of amides is 1. The van der Waals surface area contributed by atoms with E-state index in [0.717, 1.165) is 0 Å². The van der Waals surface area contributed by atoms with Crippen molar-refractivity contribution in [3.8, 4) is 11.5 Å². The molecule has 0 spiro atoms. The van der Waals surface area contributed by atoms with Gasteiger partial charge in [-0.2, -0.15) is 0 Å². The molecule has 0 saturated carbocycles. The normalized spacial score (nSPS) is 10.3. The summed E-state index contributed by atoms with van der Waals surface area (Å²) in [6, 6.07) is 9.78. The summed E-state index contributed by atoms with van der Waals surface area (Å²) in [6.07, 6.45) is 3.10. The number of rotatable bonds is 6. The molecule has 138 valence electrons. The first-order chi connectivity index (χ1) is 13.1. The molecule has 0 bridgehead atoms. The van der Waals surface area contributed by atoms with Crippen molar-refractivity contribution in [3.05, 3.63) is 54.4 Å². The van der Waals surface area contributed by atoms with Gasteiger partial charge in [0.1, 0.15) is 11.5 Å². The maximum Gasteiger partial charge on any atom is 0.338 e. The van der Waals surface area contributed by atoms with Gasteiger partial charge in [0.05, 0.1) is 36.5 Å². The predicted octanol–water partition coefficient (Wildman–Crippen LogP) is 2.44. The maximum absolute atomic E-state index is 12.2. The van der Waals surface area contributed by atoms with Gasteiger partial charge in [-0.25, -0.2) is 4.79 Å². The molecule has 0 radical (unpaired) electrons. The fraction of sp³-hybridized carbons (Fsp3) is 0.158. The highest BCUT2D eigenvalue weighted by atomic mass is 16.5. The summed E-state index contributed by atoms with van der Waals surface area (Å²) >= 11 is 0. The fourth-order valence-corrected chi connectivity index (χ4v) is 2.40. The van der Waals surface area contributed by atoms with Gasteiger partial charge in [0.25, 0.3) is 5.91 Å². The van der Waals surface area contributed by atoms with Gasteiger partial charge in [-0.1, -0.05) is 0 Å². The number of nitrogens with zero attached hydrogens (tertiary/aromatic N) is 2. The molecule has 1 amide bonds. The lowest BCUT2D eigenvalue weighted by molar-refractivity contribution is -0.119. The van der Waals surface area contributed by atoms with Crippen LogP contribution < -0.4 is 14.8 Å². The molecule has 0 atom stereocenters. The number of esters is 1. The smallest absolute Gasteiger partial charge is 0.338 e. The molecule has 0 aliphatic heterocycles. The fourth-order valence-electron chi connectivity index (χ4n) is 2.40. The Balaban J connectivity index is 1.63. The second-order valence-corrected chi connectivity index (χ2v) is 5.45. The number of aromatic nitrogens is 2. The van der Waals surface area contributed by atoms with Crippen LogP contribution in [0.25, 0.3) is 11.0 Å². The minimum absolute atomic E-state index is 0.287. The maximum atomic E-state index is 12.2. The number of fused-ring (bicyclic) bond motifs is 1. The van der Waals surface area contributed by atoms with Gasteiger partial charge in [-0.05, 0) is 30.3 Å². The third-order valence-corrected chi connectivity index (χ3v) is 3.72. The number of benzene rings is 2. The van der Waals surface area contributed by atoms with Crippen molar-refractivity contribution < 1.29 is 23.8 Å². The highest BCUT2D eigenvalue weighted by Gasteiger charge is 2.13. The van der Waals surface area contributed by atoms with E-state index in [1.807, 2.05) is 0 Å². The van der Waals surface area contributed by atoms with E-state index in [4.69, 9.17) is 14.2 Å². The van der Waals surface area contributed by atoms with E-state index in [0.29, 0.717) is 28.2 Å². The van der Waals surface area contributed by atoms with E-state index >= 15 is 0 Å². The number of carbonyl (C=O) groups excluding carboxylic acids is 2. The van der Waals surface area contributed by atoms with Gasteiger partial charge in [0, 0.05) is 18.5 Å². The monoisotopic (exact) mass is 367 g/mol. The summed E-state index contributed by atoms with van der Waals surface area (Å²) in [5, 5.41) is 2.63. The minimum Gasteiger partial charge on any atom is -0.497 e. The zero-order valence-electron chi connectivity index (χ0n) is 14.8. The quantitative estimate of drug-likeness (QED) is 0.668. The van der Waals surface area contributed by atoms with Gasteiger partial charge >= 0.3 is 5.97 Å². The molecule has 8 heteroatoms. The highest BCUT2D eigenvalue weighted by Crippen LogP contribution is 2.28. The van der Waals surface area contributed by atoms with E-state index in [2.05, 4.69) is 15.3 Å². The summed E-state index contributed by atoms with van der Waals surface area (Å²) in [5.74, 6) is -0.116. The van der Waals surface area contributed by atoms with Crippen LogP contribution in [0.15, 0.2) is 48.8 Å². The van der Waals surface area contributed by atoms with Crippen LogP contribution in [0, 0.1) is 0 Å². The summed E-state index contributed by atoms with van der Waals surface area (Å²) in [5.41, 5.74) is 1.93. The molecule has 0 aliphatic carbocycles. The van der Waals surface area contributed by atoms with Crippen LogP contribution in [0.5, 0.6) is 11.5 Å². The van der Waals surface area contributed by atoms with Crippen LogP contribution in [0.1, 0.15) is 10.4 Å². The number of methoxy groups -OCH3 is 2. The molecule has 27 heavy (non-hydrogen) atoms. The third kappa shape index (κ3) is 4.30. The summed E-state index contributed by atoms with van der Waals surface area (Å²) in [4.78, 5) is 32.6. The van der Waals surface area contributed by atoms with Gasteiger partial charge in [0.2, 0.25) is 0 Å². The Bertz CT molecular complexity index is 990. The number of nitrogens with one attached hydrogen (secondary N) is 1. The van der Waals surface area contributed by atoms with Crippen LogP contribution in [-0.2, 0) is 9.53 Å². The topological polar surface area (TPSA) is 99.6 Å². The Kier molecular flexibility index (Phi) is 5.46. The first-order valence-electron chi connectivity index (χ1n) is 8.00. The van der Waals surface area contributed by atoms with Crippen LogP contribution in [0.4, 0.5) is 5.69 Å². The Morgan fingerprint density at radius 3 is 2.48 bits per heavy atom. The Morgan fingerprint density at radius 2 is 1.74 bits per heavy atom. The Labute approximate surface area is 155 Å². The molecule has 0 saturated heterocycles. The number of hydrogen-bond acceptors (Lipinski definition) is 7. The molecule has 1 heterocycles. The van der Waals surface area contributed by atoms with Gasteiger partial charge in [-0.15, -0.1) is 0 Å². The first kappa shape index (κ1) is 18.1. The van der Waals surface area contributed by atoms with Gasteiger partial charge in [0.15, 0.2) is 6.61 Å². The lowest BCUT2D eigenvalue weighted by Crippen LogP contribution is -2.21. The van der Waals surface area contributed by atoms with Gasteiger partial charge in [-0.3, -0.25) is 14.8 Å². The van der Waals surface area contributed by atoms with Crippen molar-refractivity contribution in [2.75, 3.05) is 26.1 Å². The zero-order valence-corrected chi connectivity index (χ0v) is 14.8. The number of anilines is 1. The molecular formula is C19H17N3O5. The number of hydrogen-bond donors (Lipinski definition) is 1.